The van der Waals surface area contributed by atoms with E-state index in [0.29, 0.717) is 16.9 Å². The van der Waals surface area contributed by atoms with Crippen LogP contribution in [0, 0.1) is 24.7 Å². The van der Waals surface area contributed by atoms with Gasteiger partial charge in [0.25, 0.3) is 0 Å². The molecule has 0 aromatic carbocycles. The van der Waals surface area contributed by atoms with Gasteiger partial charge in [-0.1, -0.05) is 27.7 Å². The van der Waals surface area contributed by atoms with Crippen LogP contribution >= 0.6 is 0 Å². The summed E-state index contributed by atoms with van der Waals surface area (Å²) in [6.07, 6.45) is 3.71. The molecule has 1 saturated carbocycles. The lowest BCUT2D eigenvalue weighted by Crippen LogP contribution is -2.40. The number of aromatic nitrogens is 2. The maximum absolute atomic E-state index is 4.50. The van der Waals surface area contributed by atoms with Crippen molar-refractivity contribution in [3.05, 3.63) is 17.6 Å². The summed E-state index contributed by atoms with van der Waals surface area (Å²) in [7, 11) is 0. The highest BCUT2D eigenvalue weighted by Gasteiger charge is 2.38. The molecule has 0 saturated heterocycles. The Bertz CT molecular complexity index is 427. The van der Waals surface area contributed by atoms with Crippen molar-refractivity contribution in [3.63, 3.8) is 0 Å². The largest absolute Gasteiger partial charge is 0.367 e. The minimum absolute atomic E-state index is 0.399. The highest BCUT2D eigenvalue weighted by Crippen LogP contribution is 2.46. The molecule has 3 nitrogen and oxygen atoms in total. The van der Waals surface area contributed by atoms with Gasteiger partial charge in [-0.3, -0.25) is 0 Å². The average molecular weight is 261 g/mol. The number of hydrogen-bond donors (Lipinski definition) is 1. The topological polar surface area (TPSA) is 37.8 Å². The molecule has 1 aliphatic rings. The van der Waals surface area contributed by atoms with Crippen molar-refractivity contribution in [1.82, 2.24) is 9.97 Å². The van der Waals surface area contributed by atoms with Crippen LogP contribution in [0.15, 0.2) is 6.07 Å². The summed E-state index contributed by atoms with van der Waals surface area (Å²) in [6, 6.07) is 2.55. The molecule has 0 aliphatic heterocycles. The highest BCUT2D eigenvalue weighted by atomic mass is 15.1. The van der Waals surface area contributed by atoms with Crippen LogP contribution in [0.25, 0.3) is 0 Å². The number of aryl methyl sites for hydroxylation is 2. The van der Waals surface area contributed by atoms with Crippen molar-refractivity contribution in [2.24, 2.45) is 10.8 Å². The first-order valence-corrected chi connectivity index (χ1v) is 7.24. The van der Waals surface area contributed by atoms with Crippen LogP contribution in [0.5, 0.6) is 0 Å². The van der Waals surface area contributed by atoms with Crippen LogP contribution < -0.4 is 5.32 Å². The molecule has 1 aromatic rings. The minimum atomic E-state index is 0.399. The van der Waals surface area contributed by atoms with Gasteiger partial charge in [0.2, 0.25) is 0 Å². The Hall–Kier alpha value is -1.12. The molecule has 0 radical (unpaired) electrons. The number of anilines is 1. The van der Waals surface area contributed by atoms with E-state index in [1.54, 1.807) is 0 Å². The van der Waals surface area contributed by atoms with Gasteiger partial charge in [0.1, 0.15) is 11.6 Å². The summed E-state index contributed by atoms with van der Waals surface area (Å²) in [6.45, 7) is 13.5. The van der Waals surface area contributed by atoms with E-state index in [1.807, 2.05) is 19.9 Å². The molecule has 3 heteroatoms. The van der Waals surface area contributed by atoms with Crippen LogP contribution in [0.3, 0.4) is 0 Å². The first-order chi connectivity index (χ1) is 8.65. The maximum atomic E-state index is 4.50. The predicted octanol–water partition coefficient (Wildman–Crippen LogP) is 4.11. The van der Waals surface area contributed by atoms with Gasteiger partial charge in [-0.15, -0.1) is 0 Å². The fourth-order valence-electron chi connectivity index (χ4n) is 3.95. The quantitative estimate of drug-likeness (QED) is 0.870. The molecular weight excluding hydrogens is 234 g/mol. The summed E-state index contributed by atoms with van der Waals surface area (Å²) in [5.74, 6) is 1.82. The van der Waals surface area contributed by atoms with Crippen molar-refractivity contribution >= 4 is 5.82 Å². The van der Waals surface area contributed by atoms with E-state index in [-0.39, 0.29) is 0 Å². The lowest BCUT2D eigenvalue weighted by atomic mass is 9.63. The van der Waals surface area contributed by atoms with E-state index in [1.165, 1.54) is 19.3 Å². The predicted molar refractivity (Wildman–Crippen MR) is 80.3 cm³/mol. The first-order valence-electron chi connectivity index (χ1n) is 7.24. The van der Waals surface area contributed by atoms with E-state index in [9.17, 15) is 0 Å². The van der Waals surface area contributed by atoms with Gasteiger partial charge in [0.15, 0.2) is 0 Å². The third-order valence-electron chi connectivity index (χ3n) is 3.87. The summed E-state index contributed by atoms with van der Waals surface area (Å²) in [5.41, 5.74) is 1.83. The second-order valence-corrected chi connectivity index (χ2v) is 7.70. The Morgan fingerprint density at radius 3 is 2.16 bits per heavy atom. The van der Waals surface area contributed by atoms with Crippen molar-refractivity contribution in [1.29, 1.82) is 0 Å². The fraction of sp³-hybridized carbons (Fsp3) is 0.750. The van der Waals surface area contributed by atoms with Gasteiger partial charge in [-0.2, -0.15) is 0 Å². The third-order valence-corrected chi connectivity index (χ3v) is 3.87. The van der Waals surface area contributed by atoms with E-state index < -0.39 is 0 Å². The summed E-state index contributed by atoms with van der Waals surface area (Å²) < 4.78 is 0. The summed E-state index contributed by atoms with van der Waals surface area (Å²) >= 11 is 0. The summed E-state index contributed by atoms with van der Waals surface area (Å²) in [4.78, 5) is 8.83. The number of hydrogen-bond acceptors (Lipinski definition) is 3. The molecule has 1 N–H and O–H groups in total. The van der Waals surface area contributed by atoms with Crippen molar-refractivity contribution in [2.75, 3.05) is 5.32 Å². The van der Waals surface area contributed by atoms with Crippen LogP contribution in [-0.4, -0.2) is 16.0 Å². The number of nitrogens with one attached hydrogen (secondary N) is 1. The zero-order chi connectivity index (χ0) is 14.3. The molecule has 1 aliphatic carbocycles. The van der Waals surface area contributed by atoms with E-state index in [2.05, 4.69) is 43.0 Å². The SMILES string of the molecule is Cc1cc(NC2CC(C)(C)CC(C)(C)C2)nc(C)n1. The molecule has 0 amide bonds. The fourth-order valence-corrected chi connectivity index (χ4v) is 3.95. The van der Waals surface area contributed by atoms with E-state index in [4.69, 9.17) is 0 Å². The molecule has 0 spiro atoms. The molecule has 0 bridgehead atoms. The van der Waals surface area contributed by atoms with Crippen LogP contribution in [-0.2, 0) is 0 Å². The third kappa shape index (κ3) is 3.92. The van der Waals surface area contributed by atoms with Crippen LogP contribution in [0.2, 0.25) is 0 Å². The van der Waals surface area contributed by atoms with E-state index >= 15 is 0 Å². The highest BCUT2D eigenvalue weighted by molar-refractivity contribution is 5.37. The average Bonchev–Trinajstić information content (AvgIpc) is 2.08. The van der Waals surface area contributed by atoms with Crippen LogP contribution in [0.4, 0.5) is 5.82 Å². The van der Waals surface area contributed by atoms with Crippen molar-refractivity contribution in [2.45, 2.75) is 66.8 Å². The normalized spacial score (nSPS) is 22.2. The minimum Gasteiger partial charge on any atom is -0.367 e. The zero-order valence-corrected chi connectivity index (χ0v) is 13.2. The van der Waals surface area contributed by atoms with Gasteiger partial charge < -0.3 is 5.32 Å². The molecule has 19 heavy (non-hydrogen) atoms. The lowest BCUT2D eigenvalue weighted by molar-refractivity contribution is 0.105. The van der Waals surface area contributed by atoms with Crippen LogP contribution in [0.1, 0.15) is 58.5 Å². The van der Waals surface area contributed by atoms with Gasteiger partial charge in [0, 0.05) is 17.8 Å². The number of rotatable bonds is 2. The monoisotopic (exact) mass is 261 g/mol. The smallest absolute Gasteiger partial charge is 0.130 e. The first kappa shape index (κ1) is 14.3. The molecule has 1 fully saturated rings. The Kier molecular flexibility index (Phi) is 3.59. The van der Waals surface area contributed by atoms with Gasteiger partial charge in [0.05, 0.1) is 0 Å². The molecule has 0 unspecified atom stereocenters. The Balaban J connectivity index is 2.14. The standard InChI is InChI=1S/C16H27N3/c1-11-7-14(18-12(2)17-11)19-13-8-15(3,4)10-16(5,6)9-13/h7,13H,8-10H2,1-6H3,(H,17,18,19). The van der Waals surface area contributed by atoms with Crippen molar-refractivity contribution in [3.8, 4) is 0 Å². The van der Waals surface area contributed by atoms with Gasteiger partial charge in [-0.25, -0.2) is 9.97 Å². The van der Waals surface area contributed by atoms with Gasteiger partial charge in [-0.05, 0) is 43.9 Å². The Labute approximate surface area is 117 Å². The second-order valence-electron chi connectivity index (χ2n) is 7.70. The zero-order valence-electron chi connectivity index (χ0n) is 13.2. The summed E-state index contributed by atoms with van der Waals surface area (Å²) in [5, 5.41) is 3.62. The van der Waals surface area contributed by atoms with Crippen molar-refractivity contribution < 1.29 is 0 Å². The molecule has 1 heterocycles. The second kappa shape index (κ2) is 4.77. The molecule has 2 rings (SSSR count). The molecule has 0 atom stereocenters. The maximum Gasteiger partial charge on any atom is 0.130 e. The van der Waals surface area contributed by atoms with Gasteiger partial charge >= 0.3 is 0 Å². The number of nitrogens with zero attached hydrogens (tertiary/aromatic N) is 2. The lowest BCUT2D eigenvalue weighted by Gasteiger charge is -2.45. The van der Waals surface area contributed by atoms with E-state index in [0.717, 1.165) is 17.3 Å². The molecule has 1 aromatic heterocycles. The molecule has 106 valence electrons. The Morgan fingerprint density at radius 1 is 1.05 bits per heavy atom. The molecular formula is C16H27N3. The Morgan fingerprint density at radius 2 is 1.63 bits per heavy atom.